The summed E-state index contributed by atoms with van der Waals surface area (Å²) in [4.78, 5) is 22.9. The Morgan fingerprint density at radius 2 is 1.57 bits per heavy atom. The van der Waals surface area contributed by atoms with E-state index in [-0.39, 0.29) is 5.91 Å². The summed E-state index contributed by atoms with van der Waals surface area (Å²) >= 11 is 0. The molecule has 0 unspecified atom stereocenters. The van der Waals surface area contributed by atoms with Crippen LogP contribution in [0.4, 0.5) is 0 Å². The molecule has 120 valence electrons. The maximum atomic E-state index is 12.0. The van der Waals surface area contributed by atoms with Crippen molar-refractivity contribution in [3.8, 4) is 0 Å². The van der Waals surface area contributed by atoms with Gasteiger partial charge in [-0.15, -0.1) is 0 Å². The molecule has 0 fully saturated rings. The normalized spacial score (nSPS) is 11.6. The van der Waals surface area contributed by atoms with Gasteiger partial charge in [0, 0.05) is 20.0 Å². The van der Waals surface area contributed by atoms with Gasteiger partial charge in [-0.1, -0.05) is 54.6 Å². The molecule has 1 atom stereocenters. The lowest BCUT2D eigenvalue weighted by molar-refractivity contribution is -0.129. The van der Waals surface area contributed by atoms with Crippen LogP contribution in [0.2, 0.25) is 0 Å². The van der Waals surface area contributed by atoms with Gasteiger partial charge < -0.3 is 15.7 Å². The molecule has 2 aromatic carbocycles. The summed E-state index contributed by atoms with van der Waals surface area (Å²) in [6.07, 6.45) is -1.18. The topological polar surface area (TPSA) is 78.4 Å². The molecule has 0 radical (unpaired) electrons. The van der Waals surface area contributed by atoms with Crippen molar-refractivity contribution in [2.45, 2.75) is 26.1 Å². The fourth-order valence-corrected chi connectivity index (χ4v) is 2.15. The number of carbonyl (C=O) groups is 2. The number of nitrogens with one attached hydrogen (secondary N) is 2. The van der Waals surface area contributed by atoms with Crippen molar-refractivity contribution in [3.63, 3.8) is 0 Å². The average molecular weight is 312 g/mol. The lowest BCUT2D eigenvalue weighted by Crippen LogP contribution is -2.28. The zero-order valence-corrected chi connectivity index (χ0v) is 13.0. The molecule has 0 saturated carbocycles. The van der Waals surface area contributed by atoms with Crippen LogP contribution in [0.1, 0.15) is 29.7 Å². The number of hydrogen-bond donors (Lipinski definition) is 3. The van der Waals surface area contributed by atoms with Gasteiger partial charge in [0.2, 0.25) is 5.91 Å². The molecule has 0 spiro atoms. The van der Waals surface area contributed by atoms with E-state index in [2.05, 4.69) is 10.6 Å². The summed E-state index contributed by atoms with van der Waals surface area (Å²) in [7, 11) is 0. The first-order valence-electron chi connectivity index (χ1n) is 7.39. The van der Waals surface area contributed by atoms with Gasteiger partial charge in [0.05, 0.1) is 0 Å². The van der Waals surface area contributed by atoms with E-state index < -0.39 is 12.0 Å². The van der Waals surface area contributed by atoms with Crippen LogP contribution in [0.5, 0.6) is 0 Å². The Labute approximate surface area is 135 Å². The number of aliphatic hydroxyl groups excluding tert-OH is 1. The highest BCUT2D eigenvalue weighted by atomic mass is 16.3. The Kier molecular flexibility index (Phi) is 5.88. The van der Waals surface area contributed by atoms with Gasteiger partial charge >= 0.3 is 0 Å². The second-order valence-corrected chi connectivity index (χ2v) is 5.26. The van der Waals surface area contributed by atoms with E-state index in [4.69, 9.17) is 0 Å². The van der Waals surface area contributed by atoms with E-state index in [1.165, 1.54) is 6.92 Å². The highest BCUT2D eigenvalue weighted by Crippen LogP contribution is 2.12. The number of rotatable bonds is 6. The van der Waals surface area contributed by atoms with Crippen molar-refractivity contribution in [2.75, 3.05) is 0 Å². The predicted molar refractivity (Wildman–Crippen MR) is 87.2 cm³/mol. The van der Waals surface area contributed by atoms with Gasteiger partial charge in [-0.05, 0) is 16.7 Å². The van der Waals surface area contributed by atoms with E-state index in [0.29, 0.717) is 18.7 Å². The maximum Gasteiger partial charge on any atom is 0.253 e. The first-order chi connectivity index (χ1) is 11.1. The molecule has 3 N–H and O–H groups in total. The van der Waals surface area contributed by atoms with Crippen molar-refractivity contribution >= 4 is 11.8 Å². The number of amides is 2. The highest BCUT2D eigenvalue weighted by molar-refractivity contribution is 5.81. The SMILES string of the molecule is CC(=O)NCc1cccc(CNC(=O)[C@H](O)c2ccccc2)c1. The Hall–Kier alpha value is -2.66. The minimum atomic E-state index is -1.18. The summed E-state index contributed by atoms with van der Waals surface area (Å²) in [5, 5.41) is 15.4. The van der Waals surface area contributed by atoms with Gasteiger partial charge in [-0.25, -0.2) is 0 Å². The molecule has 0 saturated heterocycles. The van der Waals surface area contributed by atoms with E-state index in [9.17, 15) is 14.7 Å². The number of carbonyl (C=O) groups excluding carboxylic acids is 2. The van der Waals surface area contributed by atoms with Crippen LogP contribution >= 0.6 is 0 Å². The fraction of sp³-hybridized carbons (Fsp3) is 0.222. The molecule has 2 aromatic rings. The largest absolute Gasteiger partial charge is 0.378 e. The van der Waals surface area contributed by atoms with Crippen LogP contribution in [-0.2, 0) is 22.7 Å². The van der Waals surface area contributed by atoms with Crippen molar-refractivity contribution in [1.29, 1.82) is 0 Å². The van der Waals surface area contributed by atoms with Crippen LogP contribution in [0.15, 0.2) is 54.6 Å². The summed E-state index contributed by atoms with van der Waals surface area (Å²) < 4.78 is 0. The molecule has 0 aliphatic rings. The first kappa shape index (κ1) is 16.7. The van der Waals surface area contributed by atoms with Gasteiger partial charge in [0.25, 0.3) is 5.91 Å². The molecule has 2 rings (SSSR count). The van der Waals surface area contributed by atoms with Crippen molar-refractivity contribution in [3.05, 3.63) is 71.3 Å². The van der Waals surface area contributed by atoms with E-state index >= 15 is 0 Å². The summed E-state index contributed by atoms with van der Waals surface area (Å²) in [5.74, 6) is -0.529. The van der Waals surface area contributed by atoms with Crippen LogP contribution in [0, 0.1) is 0 Å². The van der Waals surface area contributed by atoms with Gasteiger partial charge in [0.1, 0.15) is 0 Å². The lowest BCUT2D eigenvalue weighted by Gasteiger charge is -2.12. The van der Waals surface area contributed by atoms with Gasteiger partial charge in [0.15, 0.2) is 6.10 Å². The third-order valence-electron chi connectivity index (χ3n) is 3.36. The van der Waals surface area contributed by atoms with E-state index in [1.807, 2.05) is 30.3 Å². The number of benzene rings is 2. The Balaban J connectivity index is 1.91. The van der Waals surface area contributed by atoms with Crippen LogP contribution in [0.3, 0.4) is 0 Å². The molecule has 0 aromatic heterocycles. The van der Waals surface area contributed by atoms with Crippen LogP contribution < -0.4 is 10.6 Å². The molecule has 23 heavy (non-hydrogen) atoms. The average Bonchev–Trinajstić information content (AvgIpc) is 2.58. The van der Waals surface area contributed by atoms with Crippen molar-refractivity contribution < 1.29 is 14.7 Å². The fourth-order valence-electron chi connectivity index (χ4n) is 2.15. The first-order valence-corrected chi connectivity index (χ1v) is 7.39. The Bertz CT molecular complexity index is 671. The zero-order chi connectivity index (χ0) is 16.7. The Morgan fingerprint density at radius 1 is 0.957 bits per heavy atom. The number of hydrogen-bond acceptors (Lipinski definition) is 3. The quantitative estimate of drug-likeness (QED) is 0.759. The second-order valence-electron chi connectivity index (χ2n) is 5.26. The monoisotopic (exact) mass is 312 g/mol. The predicted octanol–water partition coefficient (Wildman–Crippen LogP) is 1.67. The third-order valence-corrected chi connectivity index (χ3v) is 3.36. The lowest BCUT2D eigenvalue weighted by atomic mass is 10.1. The molecule has 0 aliphatic carbocycles. The van der Waals surface area contributed by atoms with Crippen molar-refractivity contribution in [2.24, 2.45) is 0 Å². The minimum Gasteiger partial charge on any atom is -0.378 e. The van der Waals surface area contributed by atoms with Gasteiger partial charge in [-0.2, -0.15) is 0 Å². The molecule has 0 heterocycles. The van der Waals surface area contributed by atoms with E-state index in [0.717, 1.165) is 11.1 Å². The summed E-state index contributed by atoms with van der Waals surface area (Å²) in [6.45, 7) is 2.23. The van der Waals surface area contributed by atoms with Crippen molar-refractivity contribution in [1.82, 2.24) is 10.6 Å². The van der Waals surface area contributed by atoms with Gasteiger partial charge in [-0.3, -0.25) is 9.59 Å². The second kappa shape index (κ2) is 8.10. The molecular formula is C18H20N2O3. The van der Waals surface area contributed by atoms with Crippen LogP contribution in [-0.4, -0.2) is 16.9 Å². The Morgan fingerprint density at radius 3 is 2.17 bits per heavy atom. The maximum absolute atomic E-state index is 12.0. The molecule has 2 amide bonds. The highest BCUT2D eigenvalue weighted by Gasteiger charge is 2.16. The third kappa shape index (κ3) is 5.23. The minimum absolute atomic E-state index is 0.0883. The molecule has 0 aliphatic heterocycles. The summed E-state index contributed by atoms with van der Waals surface area (Å²) in [5.41, 5.74) is 2.42. The molecule has 5 heteroatoms. The standard InChI is InChI=1S/C18H20N2O3/c1-13(21)19-11-14-6-5-7-15(10-14)12-20-18(23)17(22)16-8-3-2-4-9-16/h2-10,17,22H,11-12H2,1H3,(H,19,21)(H,20,23)/t17-/m1/s1. The zero-order valence-electron chi connectivity index (χ0n) is 13.0. The molecule has 5 nitrogen and oxygen atoms in total. The number of aliphatic hydroxyl groups is 1. The molecule has 0 bridgehead atoms. The van der Waals surface area contributed by atoms with Crippen LogP contribution in [0.25, 0.3) is 0 Å². The summed E-state index contributed by atoms with van der Waals surface area (Å²) in [6, 6.07) is 16.4. The molecular weight excluding hydrogens is 292 g/mol. The van der Waals surface area contributed by atoms with E-state index in [1.54, 1.807) is 24.3 Å². The smallest absolute Gasteiger partial charge is 0.253 e.